The first-order valence-corrected chi connectivity index (χ1v) is 9.25. The molecule has 0 radical (unpaired) electrons. The first-order chi connectivity index (χ1) is 11.7. The summed E-state index contributed by atoms with van der Waals surface area (Å²) in [5.41, 5.74) is 0. The van der Waals surface area contributed by atoms with Gasteiger partial charge in [-0.1, -0.05) is 0 Å². The van der Waals surface area contributed by atoms with Gasteiger partial charge in [-0.2, -0.15) is 5.10 Å². The van der Waals surface area contributed by atoms with Gasteiger partial charge in [0.15, 0.2) is 0 Å². The molecular formula is C18H29N3O3. The number of carbonyl (C=O) groups excluding carboxylic acids is 1. The van der Waals surface area contributed by atoms with E-state index in [9.17, 15) is 4.79 Å². The van der Waals surface area contributed by atoms with Crippen LogP contribution < -0.4 is 0 Å². The normalized spacial score (nSPS) is 26.3. The Morgan fingerprint density at radius 3 is 2.96 bits per heavy atom. The Labute approximate surface area is 144 Å². The highest BCUT2D eigenvalue weighted by atomic mass is 16.5. The first-order valence-electron chi connectivity index (χ1n) is 9.25. The minimum Gasteiger partial charge on any atom is -0.376 e. The van der Waals surface area contributed by atoms with Crippen molar-refractivity contribution in [2.45, 2.75) is 70.2 Å². The monoisotopic (exact) mass is 335 g/mol. The summed E-state index contributed by atoms with van der Waals surface area (Å²) in [6, 6.07) is 2.13. The standard InChI is InChI=1S/C18H29N3O3/c1-15(24-14-17-8-3-5-12-23-17)18(22)21-11-4-2-7-16(21)13-20-10-6-9-19-20/h6,9-10,15-17H,2-5,7-8,11-14H2,1H3. The molecule has 0 spiro atoms. The Bertz CT molecular complexity index is 500. The molecule has 2 saturated heterocycles. The summed E-state index contributed by atoms with van der Waals surface area (Å²) in [5, 5.41) is 4.28. The van der Waals surface area contributed by atoms with Crippen LogP contribution in [0.25, 0.3) is 0 Å². The number of amides is 1. The number of likely N-dealkylation sites (tertiary alicyclic amines) is 1. The zero-order valence-corrected chi connectivity index (χ0v) is 14.6. The quantitative estimate of drug-likeness (QED) is 0.800. The molecule has 6 heteroatoms. The molecule has 24 heavy (non-hydrogen) atoms. The average molecular weight is 335 g/mol. The van der Waals surface area contributed by atoms with Crippen LogP contribution in [0.4, 0.5) is 0 Å². The fourth-order valence-corrected chi connectivity index (χ4v) is 3.60. The molecule has 3 rings (SSSR count). The third-order valence-electron chi connectivity index (χ3n) is 5.02. The van der Waals surface area contributed by atoms with E-state index in [4.69, 9.17) is 9.47 Å². The van der Waals surface area contributed by atoms with Crippen molar-refractivity contribution < 1.29 is 14.3 Å². The van der Waals surface area contributed by atoms with Crippen LogP contribution in [0.1, 0.15) is 45.4 Å². The molecule has 3 heterocycles. The SMILES string of the molecule is CC(OCC1CCCCO1)C(=O)N1CCCCC1Cn1cccn1. The van der Waals surface area contributed by atoms with E-state index in [1.54, 1.807) is 6.20 Å². The maximum Gasteiger partial charge on any atom is 0.251 e. The number of carbonyl (C=O) groups is 1. The van der Waals surface area contributed by atoms with Gasteiger partial charge < -0.3 is 14.4 Å². The molecule has 0 bridgehead atoms. The van der Waals surface area contributed by atoms with Gasteiger partial charge in [-0.15, -0.1) is 0 Å². The van der Waals surface area contributed by atoms with Gasteiger partial charge in [0.2, 0.25) is 0 Å². The maximum atomic E-state index is 12.8. The maximum absolute atomic E-state index is 12.8. The van der Waals surface area contributed by atoms with Gasteiger partial charge in [0.05, 0.1) is 25.3 Å². The highest BCUT2D eigenvalue weighted by Crippen LogP contribution is 2.20. The van der Waals surface area contributed by atoms with E-state index in [-0.39, 0.29) is 18.1 Å². The first kappa shape index (κ1) is 17.4. The Kier molecular flexibility index (Phi) is 6.26. The second-order valence-electron chi connectivity index (χ2n) is 6.87. The van der Waals surface area contributed by atoms with Crippen LogP contribution >= 0.6 is 0 Å². The zero-order valence-electron chi connectivity index (χ0n) is 14.6. The second-order valence-corrected chi connectivity index (χ2v) is 6.87. The molecule has 0 aliphatic carbocycles. The predicted molar refractivity (Wildman–Crippen MR) is 90.6 cm³/mol. The van der Waals surface area contributed by atoms with Crippen LogP contribution in [0.2, 0.25) is 0 Å². The highest BCUT2D eigenvalue weighted by Gasteiger charge is 2.31. The van der Waals surface area contributed by atoms with E-state index in [0.29, 0.717) is 6.61 Å². The molecule has 1 aromatic heterocycles. The van der Waals surface area contributed by atoms with Crippen molar-refractivity contribution in [1.29, 1.82) is 0 Å². The van der Waals surface area contributed by atoms with Crippen LogP contribution in [0.5, 0.6) is 0 Å². The third kappa shape index (κ3) is 4.57. The molecule has 1 amide bonds. The molecule has 0 N–H and O–H groups in total. The molecule has 3 atom stereocenters. The van der Waals surface area contributed by atoms with Crippen molar-refractivity contribution >= 4 is 5.91 Å². The Hall–Kier alpha value is -1.40. The topological polar surface area (TPSA) is 56.6 Å². The average Bonchev–Trinajstić information content (AvgIpc) is 3.13. The molecule has 0 aromatic carbocycles. The Morgan fingerprint density at radius 1 is 1.33 bits per heavy atom. The van der Waals surface area contributed by atoms with Crippen LogP contribution in [0, 0.1) is 0 Å². The van der Waals surface area contributed by atoms with Crippen molar-refractivity contribution in [2.75, 3.05) is 19.8 Å². The van der Waals surface area contributed by atoms with Crippen molar-refractivity contribution in [1.82, 2.24) is 14.7 Å². The van der Waals surface area contributed by atoms with Crippen molar-refractivity contribution in [3.63, 3.8) is 0 Å². The lowest BCUT2D eigenvalue weighted by Crippen LogP contribution is -2.50. The summed E-state index contributed by atoms with van der Waals surface area (Å²) in [6.45, 7) is 4.78. The van der Waals surface area contributed by atoms with Crippen molar-refractivity contribution in [2.24, 2.45) is 0 Å². The fourth-order valence-electron chi connectivity index (χ4n) is 3.60. The minimum atomic E-state index is -0.409. The molecule has 0 saturated carbocycles. The van der Waals surface area contributed by atoms with Crippen LogP contribution in [-0.2, 0) is 20.8 Å². The number of aromatic nitrogens is 2. The van der Waals surface area contributed by atoms with Crippen LogP contribution in [0.15, 0.2) is 18.5 Å². The smallest absolute Gasteiger partial charge is 0.251 e. The molecule has 2 fully saturated rings. The number of hydrogen-bond acceptors (Lipinski definition) is 4. The van der Waals surface area contributed by atoms with Crippen LogP contribution in [-0.4, -0.2) is 58.6 Å². The molecule has 3 unspecified atom stereocenters. The molecule has 134 valence electrons. The van der Waals surface area contributed by atoms with Gasteiger partial charge in [-0.05, 0) is 51.5 Å². The third-order valence-corrected chi connectivity index (χ3v) is 5.02. The van der Waals surface area contributed by atoms with E-state index in [0.717, 1.165) is 45.4 Å². The molecule has 2 aliphatic heterocycles. The van der Waals surface area contributed by atoms with Gasteiger partial charge in [-0.25, -0.2) is 0 Å². The number of ether oxygens (including phenoxy) is 2. The summed E-state index contributed by atoms with van der Waals surface area (Å²) in [4.78, 5) is 14.8. The molecule has 6 nitrogen and oxygen atoms in total. The number of piperidine rings is 1. The second kappa shape index (κ2) is 8.62. The largest absolute Gasteiger partial charge is 0.376 e. The zero-order chi connectivity index (χ0) is 16.8. The van der Waals surface area contributed by atoms with E-state index >= 15 is 0 Å². The van der Waals surface area contributed by atoms with Gasteiger partial charge in [0, 0.05) is 25.5 Å². The van der Waals surface area contributed by atoms with E-state index in [2.05, 4.69) is 5.10 Å². The number of nitrogens with zero attached hydrogens (tertiary/aromatic N) is 3. The summed E-state index contributed by atoms with van der Waals surface area (Å²) in [7, 11) is 0. The van der Waals surface area contributed by atoms with E-state index in [1.807, 2.05) is 28.8 Å². The minimum absolute atomic E-state index is 0.0997. The van der Waals surface area contributed by atoms with Gasteiger partial charge in [0.25, 0.3) is 5.91 Å². The lowest BCUT2D eigenvalue weighted by Gasteiger charge is -2.37. The summed E-state index contributed by atoms with van der Waals surface area (Å²) in [6.07, 6.45) is 10.1. The van der Waals surface area contributed by atoms with E-state index in [1.165, 1.54) is 12.8 Å². The lowest BCUT2D eigenvalue weighted by molar-refractivity contribution is -0.150. The summed E-state index contributed by atoms with van der Waals surface area (Å²) >= 11 is 0. The van der Waals surface area contributed by atoms with Crippen molar-refractivity contribution in [3.05, 3.63) is 18.5 Å². The molecule has 1 aromatic rings. The van der Waals surface area contributed by atoms with Gasteiger partial charge in [0.1, 0.15) is 6.10 Å². The van der Waals surface area contributed by atoms with Crippen LogP contribution in [0.3, 0.4) is 0 Å². The Balaban J connectivity index is 1.52. The van der Waals surface area contributed by atoms with Gasteiger partial charge in [-0.3, -0.25) is 9.48 Å². The highest BCUT2D eigenvalue weighted by molar-refractivity contribution is 5.81. The van der Waals surface area contributed by atoms with Crippen molar-refractivity contribution in [3.8, 4) is 0 Å². The molecule has 2 aliphatic rings. The predicted octanol–water partition coefficient (Wildman–Crippen LogP) is 2.24. The lowest BCUT2D eigenvalue weighted by atomic mass is 10.0. The fraction of sp³-hybridized carbons (Fsp3) is 0.778. The van der Waals surface area contributed by atoms with Gasteiger partial charge >= 0.3 is 0 Å². The molecular weight excluding hydrogens is 306 g/mol. The Morgan fingerprint density at radius 2 is 2.21 bits per heavy atom. The van der Waals surface area contributed by atoms with E-state index < -0.39 is 6.10 Å². The number of hydrogen-bond donors (Lipinski definition) is 0. The summed E-state index contributed by atoms with van der Waals surface area (Å²) < 4.78 is 13.4. The summed E-state index contributed by atoms with van der Waals surface area (Å²) in [5.74, 6) is 0.0997. The number of rotatable bonds is 6.